The number of rotatable bonds is 6. The maximum atomic E-state index is 11.2. The Balaban J connectivity index is 0. The fourth-order valence-corrected chi connectivity index (χ4v) is 0.908. The quantitative estimate of drug-likeness (QED) is 0.353. The second-order valence-corrected chi connectivity index (χ2v) is 3.79. The van der Waals surface area contributed by atoms with E-state index in [9.17, 15) is 4.79 Å². The van der Waals surface area contributed by atoms with Gasteiger partial charge in [0.2, 0.25) is 0 Å². The second-order valence-electron chi connectivity index (χ2n) is 3.79. The topological polar surface area (TPSA) is 107 Å². The van der Waals surface area contributed by atoms with E-state index in [2.05, 4.69) is 4.99 Å². The molecular formula is C11H26N4O. The molecule has 16 heavy (non-hydrogen) atoms. The molecular weight excluding hydrogens is 204 g/mol. The van der Waals surface area contributed by atoms with Crippen LogP contribution in [0.25, 0.3) is 0 Å². The van der Waals surface area contributed by atoms with Gasteiger partial charge in [0, 0.05) is 18.9 Å². The lowest BCUT2D eigenvalue weighted by atomic mass is 10.0. The van der Waals surface area contributed by atoms with Crippen molar-refractivity contribution in [1.29, 1.82) is 0 Å². The number of ketones is 1. The van der Waals surface area contributed by atoms with Gasteiger partial charge in [0.25, 0.3) is 0 Å². The molecule has 0 aliphatic carbocycles. The molecule has 96 valence electrons. The number of hydrogen-bond acceptors (Lipinski definition) is 3. The summed E-state index contributed by atoms with van der Waals surface area (Å²) in [6.45, 7) is 7.10. The van der Waals surface area contributed by atoms with Gasteiger partial charge in [0.1, 0.15) is 5.78 Å². The predicted octanol–water partition coefficient (Wildman–Crippen LogP) is 0.620. The van der Waals surface area contributed by atoms with E-state index in [1.54, 1.807) is 0 Å². The van der Waals surface area contributed by atoms with Crippen LogP contribution in [0.4, 0.5) is 0 Å². The number of carbonyl (C=O) groups excluding carboxylic acids is 1. The number of nitrogens with zero attached hydrogens (tertiary/aromatic N) is 1. The molecule has 0 fully saturated rings. The molecule has 0 aromatic rings. The monoisotopic (exact) mass is 230 g/mol. The Kier molecular flexibility index (Phi) is 12.9. The van der Waals surface area contributed by atoms with Gasteiger partial charge in [-0.05, 0) is 19.4 Å². The van der Waals surface area contributed by atoms with Crippen molar-refractivity contribution in [2.24, 2.45) is 28.1 Å². The Morgan fingerprint density at radius 1 is 1.25 bits per heavy atom. The number of nitrogens with two attached hydrogens (primary N) is 3. The van der Waals surface area contributed by atoms with Gasteiger partial charge in [0.05, 0.1) is 0 Å². The van der Waals surface area contributed by atoms with Crippen LogP contribution < -0.4 is 17.2 Å². The van der Waals surface area contributed by atoms with Gasteiger partial charge in [0.15, 0.2) is 5.96 Å². The van der Waals surface area contributed by atoms with Gasteiger partial charge in [-0.3, -0.25) is 9.79 Å². The SMILES string of the molecule is CC(C)C(=O)CCCCN=C(N)N.CCN. The molecule has 0 unspecified atom stereocenters. The van der Waals surface area contributed by atoms with E-state index >= 15 is 0 Å². The molecule has 0 saturated heterocycles. The summed E-state index contributed by atoms with van der Waals surface area (Å²) >= 11 is 0. The Morgan fingerprint density at radius 2 is 1.75 bits per heavy atom. The minimum Gasteiger partial charge on any atom is -0.370 e. The molecule has 0 spiro atoms. The summed E-state index contributed by atoms with van der Waals surface area (Å²) in [5.74, 6) is 0.572. The first-order chi connectivity index (χ1) is 7.45. The lowest BCUT2D eigenvalue weighted by Gasteiger charge is -2.02. The van der Waals surface area contributed by atoms with Crippen LogP contribution in [0.5, 0.6) is 0 Å². The average molecular weight is 230 g/mol. The standard InChI is InChI=1S/C9H19N3O.C2H7N/c1-7(2)8(13)5-3-4-6-12-9(10)11;1-2-3/h7H,3-6H2,1-2H3,(H4,10,11,12);2-3H2,1H3. The lowest BCUT2D eigenvalue weighted by Crippen LogP contribution is -2.22. The summed E-state index contributed by atoms with van der Waals surface area (Å²) in [5, 5.41) is 0. The van der Waals surface area contributed by atoms with Crippen molar-refractivity contribution in [3.05, 3.63) is 0 Å². The van der Waals surface area contributed by atoms with Crippen LogP contribution in [0.1, 0.15) is 40.0 Å². The Hall–Kier alpha value is -1.10. The van der Waals surface area contributed by atoms with E-state index < -0.39 is 0 Å². The maximum absolute atomic E-state index is 11.2. The largest absolute Gasteiger partial charge is 0.370 e. The molecule has 0 aliphatic heterocycles. The number of unbranched alkanes of at least 4 members (excludes halogenated alkanes) is 1. The zero-order valence-electron chi connectivity index (χ0n) is 10.7. The number of carbonyl (C=O) groups is 1. The third-order valence-electron chi connectivity index (χ3n) is 1.77. The Morgan fingerprint density at radius 3 is 2.12 bits per heavy atom. The van der Waals surface area contributed by atoms with Gasteiger partial charge < -0.3 is 17.2 Å². The number of guanidine groups is 1. The normalized spacial score (nSPS) is 9.31. The summed E-state index contributed by atoms with van der Waals surface area (Å²) in [5.41, 5.74) is 15.1. The smallest absolute Gasteiger partial charge is 0.185 e. The van der Waals surface area contributed by atoms with E-state index in [1.165, 1.54) is 0 Å². The highest BCUT2D eigenvalue weighted by molar-refractivity contribution is 5.80. The first kappa shape index (κ1) is 17.3. The van der Waals surface area contributed by atoms with Crippen LogP contribution in [0.15, 0.2) is 4.99 Å². The molecule has 0 aliphatic rings. The Bertz CT molecular complexity index is 198. The number of hydrogen-bond donors (Lipinski definition) is 3. The minimum absolute atomic E-state index is 0.121. The van der Waals surface area contributed by atoms with Crippen molar-refractivity contribution in [1.82, 2.24) is 0 Å². The molecule has 0 atom stereocenters. The van der Waals surface area contributed by atoms with Crippen LogP contribution in [0, 0.1) is 5.92 Å². The highest BCUT2D eigenvalue weighted by atomic mass is 16.1. The second kappa shape index (κ2) is 12.0. The molecule has 0 aromatic heterocycles. The summed E-state index contributed by atoms with van der Waals surface area (Å²) < 4.78 is 0. The molecule has 6 N–H and O–H groups in total. The molecule has 0 rings (SSSR count). The molecule has 0 amide bonds. The van der Waals surface area contributed by atoms with E-state index in [1.807, 2.05) is 20.8 Å². The molecule has 0 aromatic carbocycles. The van der Waals surface area contributed by atoms with Gasteiger partial charge in [-0.1, -0.05) is 20.8 Å². The van der Waals surface area contributed by atoms with Gasteiger partial charge in [-0.2, -0.15) is 0 Å². The third kappa shape index (κ3) is 15.4. The molecule has 5 heteroatoms. The summed E-state index contributed by atoms with van der Waals surface area (Å²) in [6.07, 6.45) is 2.38. The summed E-state index contributed by atoms with van der Waals surface area (Å²) in [6, 6.07) is 0. The van der Waals surface area contributed by atoms with Crippen molar-refractivity contribution < 1.29 is 4.79 Å². The van der Waals surface area contributed by atoms with Gasteiger partial charge >= 0.3 is 0 Å². The average Bonchev–Trinajstić information content (AvgIpc) is 2.17. The van der Waals surface area contributed by atoms with Crippen LogP contribution in [-0.4, -0.2) is 24.8 Å². The van der Waals surface area contributed by atoms with Crippen LogP contribution >= 0.6 is 0 Å². The zero-order chi connectivity index (χ0) is 13.0. The lowest BCUT2D eigenvalue weighted by molar-refractivity contribution is -0.122. The van der Waals surface area contributed by atoms with E-state index in [0.717, 1.165) is 19.4 Å². The van der Waals surface area contributed by atoms with E-state index in [-0.39, 0.29) is 11.9 Å². The van der Waals surface area contributed by atoms with Crippen molar-refractivity contribution in [3.8, 4) is 0 Å². The summed E-state index contributed by atoms with van der Waals surface area (Å²) in [7, 11) is 0. The van der Waals surface area contributed by atoms with Crippen molar-refractivity contribution in [3.63, 3.8) is 0 Å². The van der Waals surface area contributed by atoms with Crippen LogP contribution in [-0.2, 0) is 4.79 Å². The third-order valence-corrected chi connectivity index (χ3v) is 1.77. The first-order valence-corrected chi connectivity index (χ1v) is 5.73. The number of aliphatic imine (C=N–C) groups is 1. The fourth-order valence-electron chi connectivity index (χ4n) is 0.908. The Labute approximate surface area is 98.5 Å². The minimum atomic E-state index is 0.121. The molecule has 0 radical (unpaired) electrons. The maximum Gasteiger partial charge on any atom is 0.185 e. The summed E-state index contributed by atoms with van der Waals surface area (Å²) in [4.78, 5) is 15.0. The van der Waals surface area contributed by atoms with Gasteiger partial charge in [-0.25, -0.2) is 0 Å². The highest BCUT2D eigenvalue weighted by Gasteiger charge is 2.05. The molecule has 5 nitrogen and oxygen atoms in total. The van der Waals surface area contributed by atoms with Crippen LogP contribution in [0.2, 0.25) is 0 Å². The molecule has 0 saturated carbocycles. The van der Waals surface area contributed by atoms with Gasteiger partial charge in [-0.15, -0.1) is 0 Å². The van der Waals surface area contributed by atoms with Crippen LogP contribution in [0.3, 0.4) is 0 Å². The molecule has 0 bridgehead atoms. The molecule has 0 heterocycles. The first-order valence-electron chi connectivity index (χ1n) is 5.73. The highest BCUT2D eigenvalue weighted by Crippen LogP contribution is 2.03. The zero-order valence-corrected chi connectivity index (χ0v) is 10.7. The van der Waals surface area contributed by atoms with E-state index in [4.69, 9.17) is 17.2 Å². The number of Topliss-reactive ketones (excluding diaryl/α,β-unsaturated/α-hetero) is 1. The van der Waals surface area contributed by atoms with Crippen molar-refractivity contribution in [2.45, 2.75) is 40.0 Å². The van der Waals surface area contributed by atoms with Crippen molar-refractivity contribution >= 4 is 11.7 Å². The van der Waals surface area contributed by atoms with Crippen molar-refractivity contribution in [2.75, 3.05) is 13.1 Å². The predicted molar refractivity (Wildman–Crippen MR) is 69.1 cm³/mol. The van der Waals surface area contributed by atoms with E-state index in [0.29, 0.717) is 18.7 Å². The fraction of sp³-hybridized carbons (Fsp3) is 0.818.